The summed E-state index contributed by atoms with van der Waals surface area (Å²) in [6, 6.07) is 3.67. The molecule has 0 saturated carbocycles. The van der Waals surface area contributed by atoms with Crippen LogP contribution in [0.15, 0.2) is 16.6 Å². The third-order valence-electron chi connectivity index (χ3n) is 3.18. The SMILES string of the molecule is CCn1nc(C)c(Br)c1CC(=O)c1cc(C)nc(C)c1. The van der Waals surface area contributed by atoms with E-state index >= 15 is 0 Å². The van der Waals surface area contributed by atoms with Crippen molar-refractivity contribution in [1.82, 2.24) is 14.8 Å². The Morgan fingerprint density at radius 3 is 2.40 bits per heavy atom. The standard InChI is InChI=1S/C15H18BrN3O/c1-5-19-13(15(16)11(4)18-19)8-14(20)12-6-9(2)17-10(3)7-12/h6-7H,5,8H2,1-4H3. The molecule has 20 heavy (non-hydrogen) atoms. The van der Waals surface area contributed by atoms with Crippen molar-refractivity contribution in [3.8, 4) is 0 Å². The van der Waals surface area contributed by atoms with Crippen molar-refractivity contribution in [3.05, 3.63) is 44.9 Å². The van der Waals surface area contributed by atoms with Gasteiger partial charge in [0.05, 0.1) is 22.3 Å². The molecule has 0 fully saturated rings. The minimum absolute atomic E-state index is 0.0916. The number of hydrogen-bond donors (Lipinski definition) is 0. The summed E-state index contributed by atoms with van der Waals surface area (Å²) >= 11 is 3.52. The number of rotatable bonds is 4. The number of carbonyl (C=O) groups excluding carboxylic acids is 1. The molecule has 0 amide bonds. The van der Waals surface area contributed by atoms with Crippen LogP contribution >= 0.6 is 15.9 Å². The lowest BCUT2D eigenvalue weighted by Gasteiger charge is -2.06. The highest BCUT2D eigenvalue weighted by Crippen LogP contribution is 2.22. The first kappa shape index (κ1) is 14.9. The number of nitrogens with zero attached hydrogens (tertiary/aromatic N) is 3. The summed E-state index contributed by atoms with van der Waals surface area (Å²) in [5.74, 6) is 0.0916. The highest BCUT2D eigenvalue weighted by molar-refractivity contribution is 9.10. The predicted molar refractivity (Wildman–Crippen MR) is 82.1 cm³/mol. The van der Waals surface area contributed by atoms with Gasteiger partial charge in [0.25, 0.3) is 0 Å². The summed E-state index contributed by atoms with van der Waals surface area (Å²) < 4.78 is 2.80. The van der Waals surface area contributed by atoms with Crippen molar-refractivity contribution in [2.45, 2.75) is 40.7 Å². The first-order chi connectivity index (χ1) is 9.42. The van der Waals surface area contributed by atoms with Gasteiger partial charge in [0.1, 0.15) is 0 Å². The van der Waals surface area contributed by atoms with Gasteiger partial charge in [0.2, 0.25) is 0 Å². The molecule has 0 N–H and O–H groups in total. The number of pyridine rings is 1. The third kappa shape index (κ3) is 2.98. The Bertz CT molecular complexity index is 641. The summed E-state index contributed by atoms with van der Waals surface area (Å²) in [5, 5.41) is 4.42. The molecule has 0 aromatic carbocycles. The van der Waals surface area contributed by atoms with Gasteiger partial charge in [-0.2, -0.15) is 5.10 Å². The second kappa shape index (κ2) is 5.87. The number of ketones is 1. The number of hydrogen-bond acceptors (Lipinski definition) is 3. The molecule has 0 spiro atoms. The van der Waals surface area contributed by atoms with Crippen LogP contribution in [0.1, 0.15) is 40.1 Å². The normalized spacial score (nSPS) is 10.8. The molecule has 0 atom stereocenters. The zero-order valence-corrected chi connectivity index (χ0v) is 13.8. The number of Topliss-reactive ketones (excluding diaryl/α,β-unsaturated/α-hetero) is 1. The second-order valence-electron chi connectivity index (χ2n) is 4.90. The Hall–Kier alpha value is -1.49. The zero-order valence-electron chi connectivity index (χ0n) is 12.2. The van der Waals surface area contributed by atoms with Crippen molar-refractivity contribution >= 4 is 21.7 Å². The van der Waals surface area contributed by atoms with Gasteiger partial charge in [0.15, 0.2) is 5.78 Å². The fourth-order valence-electron chi connectivity index (χ4n) is 2.29. The van der Waals surface area contributed by atoms with Crippen molar-refractivity contribution in [2.24, 2.45) is 0 Å². The Balaban J connectivity index is 2.32. The molecule has 2 aromatic heterocycles. The molecule has 0 radical (unpaired) electrons. The third-order valence-corrected chi connectivity index (χ3v) is 4.22. The van der Waals surface area contributed by atoms with Gasteiger partial charge >= 0.3 is 0 Å². The summed E-state index contributed by atoms with van der Waals surface area (Å²) in [6.45, 7) is 8.52. The van der Waals surface area contributed by atoms with E-state index in [0.29, 0.717) is 12.0 Å². The van der Waals surface area contributed by atoms with E-state index < -0.39 is 0 Å². The van der Waals surface area contributed by atoms with Gasteiger partial charge in [-0.1, -0.05) is 0 Å². The highest BCUT2D eigenvalue weighted by Gasteiger charge is 2.17. The number of aryl methyl sites for hydroxylation is 4. The van der Waals surface area contributed by atoms with Crippen molar-refractivity contribution in [1.29, 1.82) is 0 Å². The number of halogens is 1. The fourth-order valence-corrected chi connectivity index (χ4v) is 2.71. The van der Waals surface area contributed by atoms with Crippen LogP contribution in [0.25, 0.3) is 0 Å². The summed E-state index contributed by atoms with van der Waals surface area (Å²) in [6.07, 6.45) is 0.345. The van der Waals surface area contributed by atoms with E-state index in [1.54, 1.807) is 0 Å². The molecule has 0 unspecified atom stereocenters. The van der Waals surface area contributed by atoms with Gasteiger partial charge in [-0.15, -0.1) is 0 Å². The lowest BCUT2D eigenvalue weighted by molar-refractivity contribution is 0.0990. The molecule has 0 aliphatic heterocycles. The largest absolute Gasteiger partial charge is 0.294 e. The smallest absolute Gasteiger partial charge is 0.168 e. The molecular weight excluding hydrogens is 318 g/mol. The Kier molecular flexibility index (Phi) is 4.38. The van der Waals surface area contributed by atoms with Crippen LogP contribution in [0.3, 0.4) is 0 Å². The molecular formula is C15H18BrN3O. The average Bonchev–Trinajstić information content (AvgIpc) is 2.65. The predicted octanol–water partition coefficient (Wildman–Crippen LogP) is 3.41. The van der Waals surface area contributed by atoms with E-state index in [2.05, 4.69) is 26.0 Å². The van der Waals surface area contributed by atoms with Crippen LogP contribution in [0.4, 0.5) is 0 Å². The first-order valence-electron chi connectivity index (χ1n) is 6.62. The lowest BCUT2D eigenvalue weighted by Crippen LogP contribution is -2.11. The maximum Gasteiger partial charge on any atom is 0.168 e. The lowest BCUT2D eigenvalue weighted by atomic mass is 10.1. The molecule has 0 aliphatic rings. The molecule has 0 saturated heterocycles. The molecule has 2 rings (SSSR count). The van der Waals surface area contributed by atoms with Crippen LogP contribution in [0, 0.1) is 20.8 Å². The van der Waals surface area contributed by atoms with Crippen LogP contribution in [0.5, 0.6) is 0 Å². The summed E-state index contributed by atoms with van der Waals surface area (Å²) in [5.41, 5.74) is 4.29. The monoisotopic (exact) mass is 335 g/mol. The second-order valence-corrected chi connectivity index (χ2v) is 5.69. The van der Waals surface area contributed by atoms with E-state index in [1.165, 1.54) is 0 Å². The van der Waals surface area contributed by atoms with Gasteiger partial charge in [-0.25, -0.2) is 0 Å². The van der Waals surface area contributed by atoms with Crippen LogP contribution < -0.4 is 0 Å². The number of aromatic nitrogens is 3. The van der Waals surface area contributed by atoms with Gasteiger partial charge < -0.3 is 0 Å². The van der Waals surface area contributed by atoms with E-state index in [-0.39, 0.29) is 5.78 Å². The van der Waals surface area contributed by atoms with Gasteiger partial charge in [-0.3, -0.25) is 14.5 Å². The van der Waals surface area contributed by atoms with Crippen LogP contribution in [-0.2, 0) is 13.0 Å². The molecule has 106 valence electrons. The Labute approximate surface area is 127 Å². The summed E-state index contributed by atoms with van der Waals surface area (Å²) in [4.78, 5) is 16.8. The van der Waals surface area contributed by atoms with Crippen molar-refractivity contribution in [2.75, 3.05) is 0 Å². The topological polar surface area (TPSA) is 47.8 Å². The molecule has 0 aliphatic carbocycles. The van der Waals surface area contributed by atoms with Gasteiger partial charge in [0, 0.05) is 23.5 Å². The summed E-state index contributed by atoms with van der Waals surface area (Å²) in [7, 11) is 0. The highest BCUT2D eigenvalue weighted by atomic mass is 79.9. The van der Waals surface area contributed by atoms with Gasteiger partial charge in [-0.05, 0) is 55.8 Å². The average molecular weight is 336 g/mol. The van der Waals surface area contributed by atoms with E-state index in [9.17, 15) is 4.79 Å². The maximum atomic E-state index is 12.5. The van der Waals surface area contributed by atoms with Crippen molar-refractivity contribution < 1.29 is 4.79 Å². The zero-order chi connectivity index (χ0) is 14.9. The minimum Gasteiger partial charge on any atom is -0.294 e. The first-order valence-corrected chi connectivity index (χ1v) is 7.42. The van der Waals surface area contributed by atoms with Crippen molar-refractivity contribution in [3.63, 3.8) is 0 Å². The van der Waals surface area contributed by atoms with Crippen LogP contribution in [-0.4, -0.2) is 20.5 Å². The Morgan fingerprint density at radius 1 is 1.25 bits per heavy atom. The van der Waals surface area contributed by atoms with E-state index in [0.717, 1.165) is 33.8 Å². The Morgan fingerprint density at radius 2 is 1.85 bits per heavy atom. The quantitative estimate of drug-likeness (QED) is 0.804. The minimum atomic E-state index is 0.0916. The molecule has 0 bridgehead atoms. The molecule has 2 aromatic rings. The molecule has 4 nitrogen and oxygen atoms in total. The maximum absolute atomic E-state index is 12.5. The van der Waals surface area contributed by atoms with Crippen LogP contribution in [0.2, 0.25) is 0 Å². The molecule has 5 heteroatoms. The number of carbonyl (C=O) groups is 1. The fraction of sp³-hybridized carbons (Fsp3) is 0.400. The van der Waals surface area contributed by atoms with E-state index in [1.807, 2.05) is 44.5 Å². The molecule has 2 heterocycles. The van der Waals surface area contributed by atoms with E-state index in [4.69, 9.17) is 0 Å².